The molecule has 0 aromatic heterocycles. The number of rotatable bonds is 10. The van der Waals surface area contributed by atoms with Gasteiger partial charge in [0.25, 0.3) is 0 Å². The quantitative estimate of drug-likeness (QED) is 0.144. The molecular formula is C48H68P2. The summed E-state index contributed by atoms with van der Waals surface area (Å²) in [6.45, 7) is 35.4. The summed E-state index contributed by atoms with van der Waals surface area (Å²) in [5.74, 6) is 0.575. The van der Waals surface area contributed by atoms with Crippen molar-refractivity contribution in [2.75, 3.05) is 0 Å². The van der Waals surface area contributed by atoms with E-state index in [-0.39, 0.29) is 21.7 Å². The second-order valence-corrected chi connectivity index (χ2v) is 24.0. The molecule has 0 heterocycles. The van der Waals surface area contributed by atoms with Crippen LogP contribution < -0.4 is 21.2 Å². The lowest BCUT2D eigenvalue weighted by molar-refractivity contribution is 0.467. The minimum absolute atomic E-state index is 0.140. The van der Waals surface area contributed by atoms with E-state index in [0.29, 0.717) is 17.2 Å². The molecule has 0 spiro atoms. The Labute approximate surface area is 310 Å². The van der Waals surface area contributed by atoms with Crippen LogP contribution in [-0.4, -0.2) is 11.3 Å². The van der Waals surface area contributed by atoms with Gasteiger partial charge in [-0.2, -0.15) is 0 Å². The van der Waals surface area contributed by atoms with Gasteiger partial charge < -0.3 is 0 Å². The second kappa shape index (κ2) is 15.8. The first-order chi connectivity index (χ1) is 23.1. The van der Waals surface area contributed by atoms with Gasteiger partial charge >= 0.3 is 0 Å². The zero-order chi connectivity index (χ0) is 37.2. The molecule has 0 aliphatic rings. The molecule has 2 unspecified atom stereocenters. The zero-order valence-electron chi connectivity index (χ0n) is 34.3. The first-order valence-corrected chi connectivity index (χ1v) is 22.0. The molecule has 0 radical (unpaired) electrons. The van der Waals surface area contributed by atoms with Crippen molar-refractivity contribution in [1.82, 2.24) is 0 Å². The minimum atomic E-state index is -0.585. The summed E-state index contributed by atoms with van der Waals surface area (Å²) in [7, 11) is -1.17. The van der Waals surface area contributed by atoms with Crippen LogP contribution in [0.15, 0.2) is 97.1 Å². The molecule has 4 aromatic rings. The number of hydrogen-bond acceptors (Lipinski definition) is 0. The highest BCUT2D eigenvalue weighted by atomic mass is 31.1. The summed E-state index contributed by atoms with van der Waals surface area (Å²) in [5, 5.41) is 6.02. The first kappa shape index (κ1) is 40.5. The third-order valence-corrected chi connectivity index (χ3v) is 16.5. The van der Waals surface area contributed by atoms with Gasteiger partial charge in [-0.1, -0.05) is 207 Å². The average Bonchev–Trinajstić information content (AvgIpc) is 3.03. The van der Waals surface area contributed by atoms with Gasteiger partial charge in [0.15, 0.2) is 0 Å². The molecule has 0 saturated carbocycles. The predicted molar refractivity (Wildman–Crippen MR) is 230 cm³/mol. The molecule has 2 atom stereocenters. The van der Waals surface area contributed by atoms with Crippen molar-refractivity contribution >= 4 is 37.1 Å². The molecule has 0 aliphatic carbocycles. The molecule has 2 heteroatoms. The summed E-state index contributed by atoms with van der Waals surface area (Å²) in [6.07, 6.45) is 2.43. The Bertz CT molecular complexity index is 1390. The summed E-state index contributed by atoms with van der Waals surface area (Å²) >= 11 is 0. The normalized spacial score (nSPS) is 15.0. The van der Waals surface area contributed by atoms with Crippen LogP contribution in [0.3, 0.4) is 0 Å². The highest BCUT2D eigenvalue weighted by Gasteiger charge is 2.36. The maximum absolute atomic E-state index is 2.59. The van der Waals surface area contributed by atoms with Crippen LogP contribution in [0.5, 0.6) is 0 Å². The van der Waals surface area contributed by atoms with Crippen molar-refractivity contribution in [2.24, 2.45) is 5.92 Å². The molecule has 4 rings (SSSR count). The van der Waals surface area contributed by atoms with Gasteiger partial charge in [0.05, 0.1) is 0 Å². The number of benzene rings is 4. The van der Waals surface area contributed by atoms with Crippen LogP contribution in [0.25, 0.3) is 0 Å². The molecule has 0 aliphatic heterocycles. The monoisotopic (exact) mass is 706 g/mol. The van der Waals surface area contributed by atoms with Crippen molar-refractivity contribution < 1.29 is 0 Å². The van der Waals surface area contributed by atoms with Crippen LogP contribution >= 0.6 is 15.8 Å². The maximum atomic E-state index is 2.59. The van der Waals surface area contributed by atoms with Crippen molar-refractivity contribution in [2.45, 2.75) is 150 Å². The van der Waals surface area contributed by atoms with E-state index in [9.17, 15) is 0 Å². The lowest BCUT2D eigenvalue weighted by Crippen LogP contribution is -2.35. The van der Waals surface area contributed by atoms with Gasteiger partial charge in [-0.05, 0) is 105 Å². The Balaban J connectivity index is 1.86. The first-order valence-electron chi connectivity index (χ1n) is 19.1. The number of hydrogen-bond donors (Lipinski definition) is 0. The highest BCUT2D eigenvalue weighted by Crippen LogP contribution is 2.52. The Morgan fingerprint density at radius 1 is 0.380 bits per heavy atom. The van der Waals surface area contributed by atoms with Gasteiger partial charge in [0.1, 0.15) is 0 Å². The Morgan fingerprint density at radius 3 is 0.740 bits per heavy atom. The van der Waals surface area contributed by atoms with E-state index in [1.165, 1.54) is 56.3 Å². The molecule has 270 valence electrons. The van der Waals surface area contributed by atoms with Gasteiger partial charge in [0, 0.05) is 0 Å². The van der Waals surface area contributed by atoms with Crippen LogP contribution in [0.2, 0.25) is 0 Å². The average molecular weight is 707 g/mol. The molecule has 0 nitrogen and oxygen atoms in total. The molecule has 0 bridgehead atoms. The van der Waals surface area contributed by atoms with E-state index in [2.05, 4.69) is 201 Å². The summed E-state index contributed by atoms with van der Waals surface area (Å²) in [6, 6.07) is 38.9. The minimum Gasteiger partial charge on any atom is -0.0654 e. The SMILES string of the molecule is CCCC(C(C)P(c1ccc(C(C)(C)C)cc1)c1ccc(C(C)(C)C)cc1)C(C)P(c1ccc(C(C)(C)C)cc1)c1ccc(C(C)(C)C)cc1. The standard InChI is InChI=1S/C48H68P2/c1-16-17-44(34(2)49(40-26-18-36(19-27-40)45(4,5)6)41-28-20-37(21-29-41)46(7,8)9)35(3)50(42-30-22-38(23-31-42)47(10,11)12)43-32-24-39(25-33-43)48(13,14)15/h18-35,44H,16-17H2,1-15H3. The van der Waals surface area contributed by atoms with E-state index < -0.39 is 15.8 Å². The van der Waals surface area contributed by atoms with Crippen molar-refractivity contribution in [1.29, 1.82) is 0 Å². The molecule has 0 N–H and O–H groups in total. The summed E-state index contributed by atoms with van der Waals surface area (Å²) in [4.78, 5) is 0. The van der Waals surface area contributed by atoms with Gasteiger partial charge in [-0.15, -0.1) is 0 Å². The summed E-state index contributed by atoms with van der Waals surface area (Å²) < 4.78 is 0. The second-order valence-electron chi connectivity index (χ2n) is 18.9. The lowest BCUT2D eigenvalue weighted by Gasteiger charge is -2.40. The molecule has 0 fully saturated rings. The van der Waals surface area contributed by atoms with E-state index >= 15 is 0 Å². The van der Waals surface area contributed by atoms with Gasteiger partial charge in [0.2, 0.25) is 0 Å². The maximum Gasteiger partial charge on any atom is -0.0123 e. The van der Waals surface area contributed by atoms with Gasteiger partial charge in [-0.3, -0.25) is 0 Å². The fourth-order valence-electron chi connectivity index (χ4n) is 7.33. The van der Waals surface area contributed by atoms with Crippen LogP contribution in [0, 0.1) is 5.92 Å². The van der Waals surface area contributed by atoms with Crippen molar-refractivity contribution in [3.8, 4) is 0 Å². The van der Waals surface area contributed by atoms with Crippen molar-refractivity contribution in [3.63, 3.8) is 0 Å². The Kier molecular flexibility index (Phi) is 12.8. The van der Waals surface area contributed by atoms with E-state index in [4.69, 9.17) is 0 Å². The Morgan fingerprint density at radius 2 is 0.580 bits per heavy atom. The van der Waals surface area contributed by atoms with Crippen LogP contribution in [0.1, 0.15) is 139 Å². The Hall–Kier alpha value is -2.26. The highest BCUT2D eigenvalue weighted by molar-refractivity contribution is 7.74. The van der Waals surface area contributed by atoms with E-state index in [1.54, 1.807) is 0 Å². The third-order valence-electron chi connectivity index (χ3n) is 10.7. The fraction of sp³-hybridized carbons (Fsp3) is 0.500. The van der Waals surface area contributed by atoms with E-state index in [0.717, 1.165) is 0 Å². The zero-order valence-corrected chi connectivity index (χ0v) is 36.1. The topological polar surface area (TPSA) is 0 Å². The lowest BCUT2D eigenvalue weighted by atomic mass is 9.87. The molecule has 50 heavy (non-hydrogen) atoms. The smallest absolute Gasteiger partial charge is 0.0123 e. The van der Waals surface area contributed by atoms with Gasteiger partial charge in [-0.25, -0.2) is 0 Å². The summed E-state index contributed by atoms with van der Waals surface area (Å²) in [5.41, 5.74) is 7.24. The molecule has 0 saturated heterocycles. The van der Waals surface area contributed by atoms with Crippen LogP contribution in [-0.2, 0) is 21.7 Å². The predicted octanol–water partition coefficient (Wildman–Crippen LogP) is 12.6. The molecular weight excluding hydrogens is 638 g/mol. The van der Waals surface area contributed by atoms with E-state index in [1.807, 2.05) is 0 Å². The fourth-order valence-corrected chi connectivity index (χ4v) is 13.4. The largest absolute Gasteiger partial charge is 0.0654 e. The third kappa shape index (κ3) is 9.78. The van der Waals surface area contributed by atoms with Crippen LogP contribution in [0.4, 0.5) is 0 Å². The molecule has 4 aromatic carbocycles. The van der Waals surface area contributed by atoms with Crippen molar-refractivity contribution in [3.05, 3.63) is 119 Å². The molecule has 0 amide bonds.